The number of Topliss-reactive ketones (excluding diaryl/α,β-unsaturated/α-hetero) is 1. The second-order valence-electron chi connectivity index (χ2n) is 7.75. The van der Waals surface area contributed by atoms with Crippen LogP contribution in [0.15, 0.2) is 24.3 Å². The topological polar surface area (TPSA) is 35.2 Å². The zero-order chi connectivity index (χ0) is 15.5. The van der Waals surface area contributed by atoms with E-state index < -0.39 is 0 Å². The van der Waals surface area contributed by atoms with Crippen LogP contribution in [0.2, 0.25) is 0 Å². The quantitative estimate of drug-likeness (QED) is 0.788. The van der Waals surface area contributed by atoms with E-state index in [1.165, 1.54) is 5.56 Å². The fourth-order valence-corrected chi connectivity index (χ4v) is 5.46. The number of quaternary nitrogens is 2. The molecule has 4 aliphatic heterocycles. The van der Waals surface area contributed by atoms with E-state index in [2.05, 4.69) is 38.1 Å². The maximum absolute atomic E-state index is 12.9. The molecule has 0 saturated carbocycles. The Hall–Kier alpha value is -1.39. The van der Waals surface area contributed by atoms with Crippen molar-refractivity contribution in [2.24, 2.45) is 10.8 Å². The van der Waals surface area contributed by atoms with Gasteiger partial charge in [-0.1, -0.05) is 6.92 Å². The van der Waals surface area contributed by atoms with E-state index in [4.69, 9.17) is 4.74 Å². The van der Waals surface area contributed by atoms with Gasteiger partial charge in [0.1, 0.15) is 29.7 Å². The number of carbonyl (C=O) groups excluding carboxylic acids is 1. The van der Waals surface area contributed by atoms with Gasteiger partial charge in [-0.3, -0.25) is 14.6 Å². The first-order valence-corrected chi connectivity index (χ1v) is 8.39. The molecule has 0 amide bonds. The molecule has 5 rings (SSSR count). The predicted octanol–water partition coefficient (Wildman–Crippen LogP) is -0.524. The van der Waals surface area contributed by atoms with Gasteiger partial charge in [0.15, 0.2) is 5.78 Å². The van der Waals surface area contributed by atoms with Crippen LogP contribution in [0.25, 0.3) is 0 Å². The van der Waals surface area contributed by atoms with Crippen LogP contribution in [0.4, 0.5) is 0 Å². The molecule has 2 N–H and O–H groups in total. The maximum Gasteiger partial charge on any atom is 0.240 e. The first kappa shape index (κ1) is 14.2. The fraction of sp³-hybridized carbons (Fsp3) is 0.611. The van der Waals surface area contributed by atoms with Gasteiger partial charge in [-0.2, -0.15) is 0 Å². The van der Waals surface area contributed by atoms with Crippen molar-refractivity contribution in [3.8, 4) is 5.75 Å². The van der Waals surface area contributed by atoms with Gasteiger partial charge < -0.3 is 4.74 Å². The Kier molecular flexibility index (Phi) is 2.94. The van der Waals surface area contributed by atoms with Crippen molar-refractivity contribution in [2.75, 3.05) is 33.3 Å². The Morgan fingerprint density at radius 2 is 1.73 bits per heavy atom. The Bertz CT molecular complexity index is 594. The molecule has 0 aliphatic carbocycles. The van der Waals surface area contributed by atoms with Gasteiger partial charge in [-0.05, 0) is 37.6 Å². The highest BCUT2D eigenvalue weighted by molar-refractivity contribution is 5.91. The van der Waals surface area contributed by atoms with E-state index in [1.54, 1.807) is 16.9 Å². The third kappa shape index (κ3) is 1.74. The summed E-state index contributed by atoms with van der Waals surface area (Å²) in [4.78, 5) is 16.1. The average Bonchev–Trinajstić information content (AvgIpc) is 2.52. The molecule has 4 heteroatoms. The summed E-state index contributed by atoms with van der Waals surface area (Å²) in [5.41, 5.74) is 1.20. The zero-order valence-electron chi connectivity index (χ0n) is 13.7. The molecule has 4 aliphatic rings. The predicted molar refractivity (Wildman–Crippen MR) is 83.0 cm³/mol. The molecule has 1 aromatic carbocycles. The maximum atomic E-state index is 12.9. The van der Waals surface area contributed by atoms with Crippen LogP contribution in [-0.2, 0) is 4.79 Å². The molecule has 22 heavy (non-hydrogen) atoms. The monoisotopic (exact) mass is 302 g/mol. The molecule has 4 bridgehead atoms. The van der Waals surface area contributed by atoms with Crippen LogP contribution >= 0.6 is 0 Å². The number of rotatable bonds is 3. The highest BCUT2D eigenvalue weighted by Gasteiger charge is 2.69. The number of piperidine rings is 2. The highest BCUT2D eigenvalue weighted by Crippen LogP contribution is 2.38. The van der Waals surface area contributed by atoms with Crippen molar-refractivity contribution >= 4 is 5.78 Å². The minimum Gasteiger partial charge on any atom is -0.497 e. The smallest absolute Gasteiger partial charge is 0.240 e. The molecular formula is C18H26N2O2+2. The Morgan fingerprint density at radius 3 is 2.23 bits per heavy atom. The standard InChI is InChI=1S/C18H24N2O2/c1-4-18-11-19-9-17(2,16(18)21)10-20(12-18)15(19)13-5-7-14(22-3)8-6-13/h5-8,15H,4,9-12H2,1-3H3/p+2. The number of methoxy groups -OCH3 is 1. The second-order valence-corrected chi connectivity index (χ2v) is 7.75. The number of carbonyl (C=O) groups is 1. The van der Waals surface area contributed by atoms with Gasteiger partial charge >= 0.3 is 0 Å². The minimum atomic E-state index is -0.111. The van der Waals surface area contributed by atoms with E-state index in [-0.39, 0.29) is 10.8 Å². The van der Waals surface area contributed by atoms with Crippen LogP contribution in [0.5, 0.6) is 5.75 Å². The molecule has 4 fully saturated rings. The molecular weight excluding hydrogens is 276 g/mol. The summed E-state index contributed by atoms with van der Waals surface area (Å²) in [6.07, 6.45) is 1.47. The molecule has 0 spiro atoms. The number of hydrogen-bond acceptors (Lipinski definition) is 2. The Balaban J connectivity index is 1.70. The first-order chi connectivity index (χ1) is 10.5. The third-order valence-electron chi connectivity index (χ3n) is 6.34. The van der Waals surface area contributed by atoms with Crippen molar-refractivity contribution in [3.05, 3.63) is 29.8 Å². The summed E-state index contributed by atoms with van der Waals surface area (Å²) >= 11 is 0. The van der Waals surface area contributed by atoms with Crippen LogP contribution in [0, 0.1) is 10.8 Å². The fourth-order valence-electron chi connectivity index (χ4n) is 5.46. The van der Waals surface area contributed by atoms with E-state index in [9.17, 15) is 4.79 Å². The lowest BCUT2D eigenvalue weighted by molar-refractivity contribution is -1.18. The number of benzene rings is 1. The van der Waals surface area contributed by atoms with E-state index in [0.29, 0.717) is 11.9 Å². The lowest BCUT2D eigenvalue weighted by atomic mass is 9.60. The Morgan fingerprint density at radius 1 is 1.14 bits per heavy atom. The first-order valence-electron chi connectivity index (χ1n) is 8.39. The summed E-state index contributed by atoms with van der Waals surface area (Å²) < 4.78 is 5.28. The van der Waals surface area contributed by atoms with Crippen molar-refractivity contribution in [1.29, 1.82) is 0 Å². The van der Waals surface area contributed by atoms with Gasteiger partial charge in [-0.25, -0.2) is 0 Å². The summed E-state index contributed by atoms with van der Waals surface area (Å²) in [5.74, 6) is 1.46. The lowest BCUT2D eigenvalue weighted by Gasteiger charge is -2.59. The summed E-state index contributed by atoms with van der Waals surface area (Å²) in [6, 6.07) is 8.52. The van der Waals surface area contributed by atoms with Crippen LogP contribution in [-0.4, -0.2) is 39.1 Å². The zero-order valence-corrected chi connectivity index (χ0v) is 13.7. The van der Waals surface area contributed by atoms with Gasteiger partial charge in [0.25, 0.3) is 0 Å². The summed E-state index contributed by atoms with van der Waals surface area (Å²) in [7, 11) is 1.71. The van der Waals surface area contributed by atoms with E-state index in [0.717, 1.165) is 38.3 Å². The number of ketones is 1. The average molecular weight is 302 g/mol. The largest absolute Gasteiger partial charge is 0.497 e. The number of ether oxygens (including phenoxy) is 1. The molecule has 0 radical (unpaired) electrons. The molecule has 2 unspecified atom stereocenters. The molecule has 1 aromatic rings. The summed E-state index contributed by atoms with van der Waals surface area (Å²) in [6.45, 7) is 8.40. The van der Waals surface area contributed by atoms with Crippen molar-refractivity contribution in [2.45, 2.75) is 26.4 Å². The number of hydrogen-bond donors (Lipinski definition) is 2. The third-order valence-corrected chi connectivity index (χ3v) is 6.34. The molecule has 4 nitrogen and oxygen atoms in total. The van der Waals surface area contributed by atoms with E-state index >= 15 is 0 Å². The lowest BCUT2D eigenvalue weighted by Crippen LogP contribution is -3.41. The van der Waals surface area contributed by atoms with Gasteiger partial charge in [0.05, 0.1) is 25.8 Å². The van der Waals surface area contributed by atoms with Crippen molar-refractivity contribution in [1.82, 2.24) is 0 Å². The summed E-state index contributed by atoms with van der Waals surface area (Å²) in [5, 5.41) is 0. The van der Waals surface area contributed by atoms with Crippen molar-refractivity contribution in [3.63, 3.8) is 0 Å². The van der Waals surface area contributed by atoms with Gasteiger partial charge in [-0.15, -0.1) is 0 Å². The molecule has 0 aromatic heterocycles. The Labute approximate surface area is 132 Å². The SMILES string of the molecule is CCC12C[NH+]3CC(C)(C[NH+](C1)C3c1ccc(OC)cc1)C2=O. The van der Waals surface area contributed by atoms with Crippen LogP contribution in [0.3, 0.4) is 0 Å². The normalized spacial score (nSPS) is 42.7. The minimum absolute atomic E-state index is 0.0705. The number of nitrogens with one attached hydrogen (secondary N) is 2. The van der Waals surface area contributed by atoms with Gasteiger partial charge in [0.2, 0.25) is 6.17 Å². The molecule has 118 valence electrons. The second kappa shape index (κ2) is 4.56. The van der Waals surface area contributed by atoms with E-state index in [1.807, 2.05) is 0 Å². The van der Waals surface area contributed by atoms with Crippen LogP contribution < -0.4 is 14.5 Å². The van der Waals surface area contributed by atoms with Crippen LogP contribution in [0.1, 0.15) is 32.0 Å². The van der Waals surface area contributed by atoms with Crippen molar-refractivity contribution < 1.29 is 19.3 Å². The van der Waals surface area contributed by atoms with Gasteiger partial charge in [0, 0.05) is 0 Å². The molecule has 2 atom stereocenters. The molecule has 4 heterocycles. The molecule has 4 saturated heterocycles. The highest BCUT2D eigenvalue weighted by atomic mass is 16.5.